The Labute approximate surface area is 89.6 Å². The van der Waals surface area contributed by atoms with E-state index in [1.807, 2.05) is 6.92 Å². The molecule has 15 heavy (non-hydrogen) atoms. The molecule has 0 amide bonds. The second-order valence-electron chi connectivity index (χ2n) is 4.15. The molecular weight excluding hydrogens is 196 g/mol. The van der Waals surface area contributed by atoms with Crippen molar-refractivity contribution in [3.05, 3.63) is 0 Å². The SMILES string of the molecule is COC(=O)[C@]1([C@H](C)CCO)CCCC1=O. The summed E-state index contributed by atoms with van der Waals surface area (Å²) in [5.41, 5.74) is -0.989. The van der Waals surface area contributed by atoms with Crippen LogP contribution in [0.2, 0.25) is 0 Å². The first-order valence-electron chi connectivity index (χ1n) is 5.32. The Morgan fingerprint density at radius 2 is 2.33 bits per heavy atom. The Bertz CT molecular complexity index is 261. The van der Waals surface area contributed by atoms with E-state index in [9.17, 15) is 9.59 Å². The first-order chi connectivity index (χ1) is 7.09. The number of aliphatic hydroxyl groups is 1. The molecular formula is C11H18O4. The Hall–Kier alpha value is -0.900. The van der Waals surface area contributed by atoms with E-state index in [0.29, 0.717) is 19.3 Å². The second kappa shape index (κ2) is 4.75. The van der Waals surface area contributed by atoms with E-state index in [4.69, 9.17) is 9.84 Å². The quantitative estimate of drug-likeness (QED) is 0.558. The van der Waals surface area contributed by atoms with Crippen LogP contribution in [0.5, 0.6) is 0 Å². The van der Waals surface area contributed by atoms with E-state index < -0.39 is 11.4 Å². The number of methoxy groups -OCH3 is 1. The van der Waals surface area contributed by atoms with Gasteiger partial charge in [-0.2, -0.15) is 0 Å². The molecule has 0 bridgehead atoms. The third-order valence-electron chi connectivity index (χ3n) is 3.43. The average Bonchev–Trinajstić information content (AvgIpc) is 2.60. The van der Waals surface area contributed by atoms with Crippen molar-refractivity contribution >= 4 is 11.8 Å². The van der Waals surface area contributed by atoms with Crippen molar-refractivity contribution in [2.45, 2.75) is 32.6 Å². The van der Waals surface area contributed by atoms with Crippen molar-refractivity contribution in [3.8, 4) is 0 Å². The number of hydrogen-bond donors (Lipinski definition) is 1. The summed E-state index contributed by atoms with van der Waals surface area (Å²) in [5.74, 6) is -0.619. The third kappa shape index (κ3) is 1.91. The number of aliphatic hydroxyl groups excluding tert-OH is 1. The monoisotopic (exact) mass is 214 g/mol. The van der Waals surface area contributed by atoms with Gasteiger partial charge in [0.2, 0.25) is 0 Å². The molecule has 1 aliphatic rings. The molecule has 4 nitrogen and oxygen atoms in total. The van der Waals surface area contributed by atoms with Crippen LogP contribution in [-0.4, -0.2) is 30.6 Å². The minimum atomic E-state index is -0.989. The average molecular weight is 214 g/mol. The van der Waals surface area contributed by atoms with Gasteiger partial charge in [-0.15, -0.1) is 0 Å². The van der Waals surface area contributed by atoms with E-state index in [-0.39, 0.29) is 18.3 Å². The number of rotatable bonds is 4. The molecule has 2 atom stereocenters. The summed E-state index contributed by atoms with van der Waals surface area (Å²) in [7, 11) is 1.31. The van der Waals surface area contributed by atoms with Crippen molar-refractivity contribution in [2.75, 3.05) is 13.7 Å². The summed E-state index contributed by atoms with van der Waals surface area (Å²) in [6, 6.07) is 0. The topological polar surface area (TPSA) is 63.6 Å². The Balaban J connectivity index is 2.95. The normalized spacial score (nSPS) is 27.8. The van der Waals surface area contributed by atoms with Gasteiger partial charge in [0.25, 0.3) is 0 Å². The van der Waals surface area contributed by atoms with Gasteiger partial charge >= 0.3 is 5.97 Å². The van der Waals surface area contributed by atoms with Crippen LogP contribution in [0.3, 0.4) is 0 Å². The molecule has 0 aliphatic heterocycles. The third-order valence-corrected chi connectivity index (χ3v) is 3.43. The highest BCUT2D eigenvalue weighted by Crippen LogP contribution is 2.43. The molecule has 0 unspecified atom stereocenters. The fraction of sp³-hybridized carbons (Fsp3) is 0.818. The van der Waals surface area contributed by atoms with Crippen LogP contribution in [0.25, 0.3) is 0 Å². The highest BCUT2D eigenvalue weighted by Gasteiger charge is 2.52. The molecule has 1 saturated carbocycles. The molecule has 0 aromatic rings. The zero-order chi connectivity index (χ0) is 11.5. The molecule has 1 fully saturated rings. The van der Waals surface area contributed by atoms with E-state index >= 15 is 0 Å². The Morgan fingerprint density at radius 3 is 2.73 bits per heavy atom. The maximum Gasteiger partial charge on any atom is 0.319 e. The van der Waals surface area contributed by atoms with Gasteiger partial charge in [0, 0.05) is 13.0 Å². The number of hydrogen-bond acceptors (Lipinski definition) is 4. The van der Waals surface area contributed by atoms with Crippen LogP contribution in [0.15, 0.2) is 0 Å². The number of esters is 1. The lowest BCUT2D eigenvalue weighted by Crippen LogP contribution is -2.42. The van der Waals surface area contributed by atoms with Gasteiger partial charge in [0.05, 0.1) is 7.11 Å². The highest BCUT2D eigenvalue weighted by atomic mass is 16.5. The second-order valence-corrected chi connectivity index (χ2v) is 4.15. The number of carbonyl (C=O) groups excluding carboxylic acids is 2. The highest BCUT2D eigenvalue weighted by molar-refractivity contribution is 6.05. The first-order valence-corrected chi connectivity index (χ1v) is 5.32. The molecule has 0 saturated heterocycles. The fourth-order valence-corrected chi connectivity index (χ4v) is 2.45. The van der Waals surface area contributed by atoms with Gasteiger partial charge < -0.3 is 9.84 Å². The number of ether oxygens (including phenoxy) is 1. The summed E-state index contributed by atoms with van der Waals surface area (Å²) >= 11 is 0. The van der Waals surface area contributed by atoms with E-state index in [1.165, 1.54) is 7.11 Å². The summed E-state index contributed by atoms with van der Waals surface area (Å²) in [5, 5.41) is 8.89. The maximum absolute atomic E-state index is 11.8. The molecule has 1 N–H and O–H groups in total. The van der Waals surface area contributed by atoms with E-state index in [1.54, 1.807) is 0 Å². The first kappa shape index (κ1) is 12.2. The van der Waals surface area contributed by atoms with Crippen LogP contribution in [0, 0.1) is 11.3 Å². The Morgan fingerprint density at radius 1 is 1.67 bits per heavy atom. The number of Topliss-reactive ketones (excluding diaryl/α,β-unsaturated/α-hetero) is 1. The van der Waals surface area contributed by atoms with Crippen LogP contribution in [-0.2, 0) is 14.3 Å². The van der Waals surface area contributed by atoms with Gasteiger partial charge in [0.1, 0.15) is 11.2 Å². The molecule has 4 heteroatoms. The summed E-state index contributed by atoms with van der Waals surface area (Å²) in [4.78, 5) is 23.6. The summed E-state index contributed by atoms with van der Waals surface area (Å²) < 4.78 is 4.73. The van der Waals surface area contributed by atoms with Crippen LogP contribution >= 0.6 is 0 Å². The number of ketones is 1. The zero-order valence-electron chi connectivity index (χ0n) is 9.28. The van der Waals surface area contributed by atoms with Gasteiger partial charge in [-0.3, -0.25) is 9.59 Å². The van der Waals surface area contributed by atoms with Crippen LogP contribution in [0.1, 0.15) is 32.6 Å². The standard InChI is InChI=1S/C11H18O4/c1-8(5-7-12)11(10(14)15-2)6-3-4-9(11)13/h8,12H,3-7H2,1-2H3/t8-,11+/m1/s1. The fourth-order valence-electron chi connectivity index (χ4n) is 2.45. The maximum atomic E-state index is 11.8. The molecule has 0 spiro atoms. The van der Waals surface area contributed by atoms with Gasteiger partial charge in [-0.05, 0) is 25.2 Å². The van der Waals surface area contributed by atoms with Crippen molar-refractivity contribution in [3.63, 3.8) is 0 Å². The molecule has 0 aromatic heterocycles. The van der Waals surface area contributed by atoms with Crippen molar-refractivity contribution < 1.29 is 19.4 Å². The molecule has 0 aromatic carbocycles. The Kier molecular flexibility index (Phi) is 3.85. The van der Waals surface area contributed by atoms with Crippen molar-refractivity contribution in [1.82, 2.24) is 0 Å². The minimum Gasteiger partial charge on any atom is -0.468 e. The number of carbonyl (C=O) groups is 2. The summed E-state index contributed by atoms with van der Waals surface area (Å²) in [6.45, 7) is 1.82. The smallest absolute Gasteiger partial charge is 0.319 e. The molecule has 0 heterocycles. The van der Waals surface area contributed by atoms with E-state index in [0.717, 1.165) is 6.42 Å². The van der Waals surface area contributed by atoms with Gasteiger partial charge in [0.15, 0.2) is 0 Å². The van der Waals surface area contributed by atoms with Crippen LogP contribution in [0.4, 0.5) is 0 Å². The molecule has 86 valence electrons. The molecule has 1 aliphatic carbocycles. The van der Waals surface area contributed by atoms with Crippen LogP contribution < -0.4 is 0 Å². The van der Waals surface area contributed by atoms with Crippen molar-refractivity contribution in [2.24, 2.45) is 11.3 Å². The molecule has 0 radical (unpaired) electrons. The van der Waals surface area contributed by atoms with Crippen molar-refractivity contribution in [1.29, 1.82) is 0 Å². The lowest BCUT2D eigenvalue weighted by Gasteiger charge is -2.30. The lowest BCUT2D eigenvalue weighted by molar-refractivity contribution is -0.160. The molecule has 1 rings (SSSR count). The zero-order valence-corrected chi connectivity index (χ0v) is 9.28. The summed E-state index contributed by atoms with van der Waals surface area (Å²) in [6.07, 6.45) is 2.20. The van der Waals surface area contributed by atoms with E-state index in [2.05, 4.69) is 0 Å². The lowest BCUT2D eigenvalue weighted by atomic mass is 9.72. The van der Waals surface area contributed by atoms with Gasteiger partial charge in [-0.25, -0.2) is 0 Å². The minimum absolute atomic E-state index is 0.00676. The predicted molar refractivity (Wildman–Crippen MR) is 54.2 cm³/mol. The largest absolute Gasteiger partial charge is 0.468 e. The van der Waals surface area contributed by atoms with Gasteiger partial charge in [-0.1, -0.05) is 6.92 Å². The predicted octanol–water partition coefficient (Wildman–Crippen LogP) is 0.917.